The Bertz CT molecular complexity index is 2430. The Morgan fingerprint density at radius 1 is 0.489 bits per heavy atom. The van der Waals surface area contributed by atoms with Crippen LogP contribution in [0, 0.1) is 0 Å². The summed E-state index contributed by atoms with van der Waals surface area (Å²) in [5, 5.41) is 3.39. The van der Waals surface area contributed by atoms with E-state index in [1.165, 1.54) is 22.1 Å². The summed E-state index contributed by atoms with van der Waals surface area (Å²) < 4.78 is 6.69. The number of hydrogen-bond acceptors (Lipinski definition) is 4. The molecular formula is C43H29N3O. The maximum Gasteiger partial charge on any atom is 0.164 e. The van der Waals surface area contributed by atoms with Gasteiger partial charge in [-0.25, -0.2) is 15.0 Å². The van der Waals surface area contributed by atoms with Gasteiger partial charge in [-0.2, -0.15) is 0 Å². The first-order valence-corrected chi connectivity index (χ1v) is 16.0. The van der Waals surface area contributed by atoms with Gasteiger partial charge in [0, 0.05) is 33.6 Å². The summed E-state index contributed by atoms with van der Waals surface area (Å²) in [6.45, 7) is 0. The monoisotopic (exact) mass is 603 g/mol. The molecule has 0 amide bonds. The predicted octanol–water partition coefficient (Wildman–Crippen LogP) is 10.7. The molecule has 8 aromatic rings. The molecule has 0 N–H and O–H groups in total. The number of furan rings is 1. The minimum absolute atomic E-state index is 0.0707. The van der Waals surface area contributed by atoms with Gasteiger partial charge in [-0.05, 0) is 46.0 Å². The van der Waals surface area contributed by atoms with E-state index in [1.807, 2.05) is 48.5 Å². The zero-order valence-electron chi connectivity index (χ0n) is 25.5. The van der Waals surface area contributed by atoms with Crippen molar-refractivity contribution in [3.05, 3.63) is 180 Å². The van der Waals surface area contributed by atoms with Gasteiger partial charge in [0.05, 0.1) is 0 Å². The molecule has 2 heterocycles. The Morgan fingerprint density at radius 3 is 1.87 bits per heavy atom. The van der Waals surface area contributed by atoms with Gasteiger partial charge in [0.2, 0.25) is 0 Å². The van der Waals surface area contributed by atoms with Crippen molar-refractivity contribution in [3.63, 3.8) is 0 Å². The Morgan fingerprint density at radius 2 is 1.09 bits per heavy atom. The number of allylic oxidation sites excluding steroid dienone is 1. The number of benzene rings is 6. The summed E-state index contributed by atoms with van der Waals surface area (Å²) in [5.41, 5.74) is 8.42. The normalized spacial score (nSPS) is 14.2. The highest BCUT2D eigenvalue weighted by molar-refractivity contribution is 5.97. The van der Waals surface area contributed by atoms with E-state index in [-0.39, 0.29) is 5.92 Å². The Labute approximate surface area is 272 Å². The van der Waals surface area contributed by atoms with E-state index in [4.69, 9.17) is 19.4 Å². The molecular weight excluding hydrogens is 574 g/mol. The van der Waals surface area contributed by atoms with Crippen LogP contribution in [0.15, 0.2) is 162 Å². The molecule has 0 bridgehead atoms. The van der Waals surface area contributed by atoms with Crippen molar-refractivity contribution < 1.29 is 4.42 Å². The van der Waals surface area contributed by atoms with E-state index in [1.54, 1.807) is 0 Å². The molecule has 1 aliphatic rings. The Kier molecular flexibility index (Phi) is 6.57. The standard InChI is InChI=1S/C43H29N3O/c1-3-11-28(12-4-1)30-19-22-31(23-20-30)35-25-26-37(39-36-17-9-10-18-38(36)47-40(35)39)43-45-41(32-14-5-2-6-15-32)44-42(46-43)34-24-21-29-13-7-8-16-33(29)27-34/h1-24,26-27,35H,25H2. The van der Waals surface area contributed by atoms with Crippen LogP contribution in [0.2, 0.25) is 0 Å². The SMILES string of the molecule is C1=C(c2nc(-c3ccccc3)nc(-c3ccc4ccccc4c3)n2)c2c(oc3ccccc23)C(c2ccc(-c3ccccc3)cc2)C1. The lowest BCUT2D eigenvalue weighted by atomic mass is 9.82. The van der Waals surface area contributed by atoms with Crippen LogP contribution in [0.4, 0.5) is 0 Å². The average Bonchev–Trinajstić information content (AvgIpc) is 3.55. The fraction of sp³-hybridized carbons (Fsp3) is 0.0465. The van der Waals surface area contributed by atoms with E-state index >= 15 is 0 Å². The van der Waals surface area contributed by atoms with Gasteiger partial charge in [0.25, 0.3) is 0 Å². The summed E-state index contributed by atoms with van der Waals surface area (Å²) in [5.74, 6) is 2.96. The second kappa shape index (κ2) is 11.3. The van der Waals surface area contributed by atoms with Gasteiger partial charge in [0.1, 0.15) is 11.3 Å². The van der Waals surface area contributed by atoms with E-state index in [0.717, 1.165) is 50.8 Å². The highest BCUT2D eigenvalue weighted by Crippen LogP contribution is 2.46. The van der Waals surface area contributed by atoms with Gasteiger partial charge in [0.15, 0.2) is 17.5 Å². The van der Waals surface area contributed by atoms with Crippen molar-refractivity contribution in [2.24, 2.45) is 0 Å². The lowest BCUT2D eigenvalue weighted by molar-refractivity contribution is 0.515. The molecule has 0 spiro atoms. The number of nitrogens with zero attached hydrogens (tertiary/aromatic N) is 3. The lowest BCUT2D eigenvalue weighted by Gasteiger charge is -2.22. The fourth-order valence-electron chi connectivity index (χ4n) is 6.73. The minimum Gasteiger partial charge on any atom is -0.460 e. The maximum atomic E-state index is 6.69. The molecule has 1 atom stereocenters. The van der Waals surface area contributed by atoms with Crippen molar-refractivity contribution in [2.45, 2.75) is 12.3 Å². The first-order valence-electron chi connectivity index (χ1n) is 16.0. The number of rotatable bonds is 5. The van der Waals surface area contributed by atoms with Crippen LogP contribution in [0.1, 0.15) is 35.1 Å². The van der Waals surface area contributed by atoms with Crippen molar-refractivity contribution in [3.8, 4) is 33.9 Å². The molecule has 1 unspecified atom stereocenters. The molecule has 6 aromatic carbocycles. The lowest BCUT2D eigenvalue weighted by Crippen LogP contribution is -2.10. The van der Waals surface area contributed by atoms with E-state index in [2.05, 4.69) is 109 Å². The molecule has 0 radical (unpaired) electrons. The molecule has 0 aliphatic heterocycles. The summed E-state index contributed by atoms with van der Waals surface area (Å²) in [4.78, 5) is 15.3. The smallest absolute Gasteiger partial charge is 0.164 e. The highest BCUT2D eigenvalue weighted by atomic mass is 16.3. The van der Waals surface area contributed by atoms with Crippen molar-refractivity contribution in [2.75, 3.05) is 0 Å². The molecule has 1 aliphatic carbocycles. The summed E-state index contributed by atoms with van der Waals surface area (Å²) >= 11 is 0. The summed E-state index contributed by atoms with van der Waals surface area (Å²) in [6.07, 6.45) is 3.05. The van der Waals surface area contributed by atoms with E-state index < -0.39 is 0 Å². The van der Waals surface area contributed by atoms with Gasteiger partial charge >= 0.3 is 0 Å². The van der Waals surface area contributed by atoms with E-state index in [0.29, 0.717) is 17.5 Å². The van der Waals surface area contributed by atoms with Gasteiger partial charge < -0.3 is 4.42 Å². The Balaban J connectivity index is 1.19. The molecule has 0 saturated heterocycles. The summed E-state index contributed by atoms with van der Waals surface area (Å²) in [7, 11) is 0. The van der Waals surface area contributed by atoms with Gasteiger partial charge in [-0.1, -0.05) is 146 Å². The largest absolute Gasteiger partial charge is 0.460 e. The first kappa shape index (κ1) is 27.2. The minimum atomic E-state index is 0.0707. The number of hydrogen-bond donors (Lipinski definition) is 0. The van der Waals surface area contributed by atoms with Crippen LogP contribution in [-0.2, 0) is 0 Å². The average molecular weight is 604 g/mol. The second-order valence-corrected chi connectivity index (χ2v) is 12.0. The first-order chi connectivity index (χ1) is 23.3. The topological polar surface area (TPSA) is 51.8 Å². The van der Waals surface area contributed by atoms with Crippen molar-refractivity contribution in [1.29, 1.82) is 0 Å². The fourth-order valence-corrected chi connectivity index (χ4v) is 6.73. The van der Waals surface area contributed by atoms with Gasteiger partial charge in [-0.15, -0.1) is 0 Å². The molecule has 222 valence electrons. The van der Waals surface area contributed by atoms with Crippen LogP contribution in [0.5, 0.6) is 0 Å². The third kappa shape index (κ3) is 4.91. The van der Waals surface area contributed by atoms with Crippen molar-refractivity contribution >= 4 is 27.3 Å². The van der Waals surface area contributed by atoms with Crippen LogP contribution in [-0.4, -0.2) is 15.0 Å². The van der Waals surface area contributed by atoms with E-state index in [9.17, 15) is 0 Å². The zero-order valence-corrected chi connectivity index (χ0v) is 25.5. The quantitative estimate of drug-likeness (QED) is 0.196. The summed E-state index contributed by atoms with van der Waals surface area (Å²) in [6, 6.07) is 52.5. The predicted molar refractivity (Wildman–Crippen MR) is 190 cm³/mol. The molecule has 2 aromatic heterocycles. The number of para-hydroxylation sites is 1. The molecule has 0 saturated carbocycles. The number of fused-ring (bicyclic) bond motifs is 4. The molecule has 0 fully saturated rings. The Hall–Kier alpha value is -6.13. The molecule has 9 rings (SSSR count). The zero-order chi connectivity index (χ0) is 31.2. The molecule has 4 nitrogen and oxygen atoms in total. The van der Waals surface area contributed by atoms with Crippen LogP contribution < -0.4 is 0 Å². The maximum absolute atomic E-state index is 6.69. The van der Waals surface area contributed by atoms with Crippen molar-refractivity contribution in [1.82, 2.24) is 15.0 Å². The molecule has 47 heavy (non-hydrogen) atoms. The van der Waals surface area contributed by atoms with Crippen LogP contribution >= 0.6 is 0 Å². The van der Waals surface area contributed by atoms with Crippen LogP contribution in [0.25, 0.3) is 61.2 Å². The highest BCUT2D eigenvalue weighted by Gasteiger charge is 2.31. The third-order valence-corrected chi connectivity index (χ3v) is 9.10. The molecule has 4 heteroatoms. The van der Waals surface area contributed by atoms with Crippen LogP contribution in [0.3, 0.4) is 0 Å². The second-order valence-electron chi connectivity index (χ2n) is 12.0. The third-order valence-electron chi connectivity index (χ3n) is 9.10. The van der Waals surface area contributed by atoms with Gasteiger partial charge in [-0.3, -0.25) is 0 Å². The number of aromatic nitrogens is 3.